The van der Waals surface area contributed by atoms with Crippen LogP contribution in [0.4, 0.5) is 0 Å². The van der Waals surface area contributed by atoms with Gasteiger partial charge in [-0.05, 0) is 13.0 Å². The van der Waals surface area contributed by atoms with Crippen molar-refractivity contribution in [3.63, 3.8) is 0 Å². The second-order valence-corrected chi connectivity index (χ2v) is 2.82. The van der Waals surface area contributed by atoms with Crippen LogP contribution in [0.2, 0.25) is 0 Å². The quantitative estimate of drug-likeness (QED) is 0.598. The highest BCUT2D eigenvalue weighted by Gasteiger charge is 2.19. The predicted octanol–water partition coefficient (Wildman–Crippen LogP) is 1.08. The van der Waals surface area contributed by atoms with Crippen molar-refractivity contribution in [3.8, 4) is 0 Å². The molecule has 2 heterocycles. The molecule has 0 saturated heterocycles. The van der Waals surface area contributed by atoms with Crippen molar-refractivity contribution >= 4 is 18.2 Å². The number of hydrogen-bond donors (Lipinski definition) is 0. The molecule has 2 aliphatic heterocycles. The van der Waals surface area contributed by atoms with Gasteiger partial charge in [0.05, 0.1) is 0 Å². The van der Waals surface area contributed by atoms with Crippen molar-refractivity contribution in [2.45, 2.75) is 13.3 Å². The van der Waals surface area contributed by atoms with Gasteiger partial charge in [-0.25, -0.2) is 10.0 Å². The lowest BCUT2D eigenvalue weighted by Crippen LogP contribution is -2.20. The van der Waals surface area contributed by atoms with Crippen LogP contribution in [0.1, 0.15) is 13.3 Å². The Labute approximate surface area is 76.0 Å². The molecule has 66 valence electrons. The van der Waals surface area contributed by atoms with Crippen molar-refractivity contribution in [1.82, 2.24) is 5.01 Å². The number of carbonyl (C=O) groups is 1. The first-order valence-corrected chi connectivity index (χ1v) is 4.05. The van der Waals surface area contributed by atoms with E-state index in [1.54, 1.807) is 36.6 Å². The first-order chi connectivity index (χ1) is 6.29. The minimum absolute atomic E-state index is 0.0543. The maximum absolute atomic E-state index is 11.2. The highest BCUT2D eigenvalue weighted by atomic mass is 16.1. The van der Waals surface area contributed by atoms with Crippen molar-refractivity contribution < 1.29 is 4.79 Å². The minimum Gasteiger partial charge on any atom is -0.295 e. The van der Waals surface area contributed by atoms with Crippen LogP contribution in [0.25, 0.3) is 0 Å². The molecule has 0 atom stereocenters. The van der Waals surface area contributed by atoms with Crippen LogP contribution in [0, 0.1) is 0 Å². The van der Waals surface area contributed by atoms with E-state index in [0.717, 1.165) is 5.57 Å². The average Bonchev–Trinajstić information content (AvgIpc) is 2.17. The predicted molar refractivity (Wildman–Crippen MR) is 50.3 cm³/mol. The summed E-state index contributed by atoms with van der Waals surface area (Å²) in [5, 5.41) is 5.69. The molecule has 0 spiro atoms. The van der Waals surface area contributed by atoms with Crippen molar-refractivity contribution in [1.29, 1.82) is 0 Å². The number of fused-ring (bicyclic) bond motifs is 1. The van der Waals surface area contributed by atoms with Gasteiger partial charge in [0.25, 0.3) is 0 Å². The summed E-state index contributed by atoms with van der Waals surface area (Å²) < 4.78 is 0. The molecule has 0 amide bonds. The van der Waals surface area contributed by atoms with E-state index >= 15 is 0 Å². The van der Waals surface area contributed by atoms with Gasteiger partial charge in [-0.2, -0.15) is 5.10 Å². The van der Waals surface area contributed by atoms with Crippen LogP contribution in [-0.4, -0.2) is 23.2 Å². The lowest BCUT2D eigenvalue weighted by Gasteiger charge is -2.22. The van der Waals surface area contributed by atoms with Crippen LogP contribution >= 0.6 is 0 Å². The van der Waals surface area contributed by atoms with E-state index in [-0.39, 0.29) is 5.78 Å². The molecule has 0 aromatic rings. The number of ketones is 1. The molecule has 0 fully saturated rings. The summed E-state index contributed by atoms with van der Waals surface area (Å²) in [5.41, 5.74) is 0.718. The molecule has 0 aliphatic carbocycles. The number of aliphatic imine (C=N–C) groups is 1. The maximum atomic E-state index is 11.2. The number of hydrogen-bond acceptors (Lipinski definition) is 4. The van der Waals surface area contributed by atoms with Gasteiger partial charge in [-0.1, -0.05) is 0 Å². The van der Waals surface area contributed by atoms with Crippen LogP contribution < -0.4 is 0 Å². The fraction of sp³-hybridized carbons (Fsp3) is 0.222. The first-order valence-electron chi connectivity index (χ1n) is 4.05. The van der Waals surface area contributed by atoms with Crippen LogP contribution in [0.5, 0.6) is 0 Å². The zero-order valence-electron chi connectivity index (χ0n) is 7.27. The van der Waals surface area contributed by atoms with Crippen molar-refractivity contribution in [2.24, 2.45) is 10.1 Å². The van der Waals surface area contributed by atoms with Crippen LogP contribution in [0.3, 0.4) is 0 Å². The molecule has 4 heteroatoms. The minimum atomic E-state index is 0.0543. The molecular formula is C9H9N3O. The fourth-order valence-electron chi connectivity index (χ4n) is 1.29. The Morgan fingerprint density at radius 1 is 1.62 bits per heavy atom. The monoisotopic (exact) mass is 175 g/mol. The number of hydrazone groups is 1. The number of allylic oxidation sites excluding steroid dienone is 2. The number of Topliss-reactive ketones (excluding diaryl/α,β-unsaturated/α-hetero) is 1. The number of rotatable bonds is 1. The second kappa shape index (κ2) is 2.97. The summed E-state index contributed by atoms with van der Waals surface area (Å²) in [4.78, 5) is 15.3. The molecule has 0 aromatic heterocycles. The lowest BCUT2D eigenvalue weighted by molar-refractivity contribution is -0.113. The van der Waals surface area contributed by atoms with Gasteiger partial charge in [-0.3, -0.25) is 4.79 Å². The first kappa shape index (κ1) is 7.91. The van der Waals surface area contributed by atoms with Crippen LogP contribution in [-0.2, 0) is 4.79 Å². The molecule has 0 N–H and O–H groups in total. The Bertz CT molecular complexity index is 363. The van der Waals surface area contributed by atoms with Gasteiger partial charge in [0, 0.05) is 30.6 Å². The Balaban J connectivity index is 2.44. The summed E-state index contributed by atoms with van der Waals surface area (Å²) in [6.07, 6.45) is 7.51. The fourth-order valence-corrected chi connectivity index (χ4v) is 1.29. The third-order valence-electron chi connectivity index (χ3n) is 1.92. The Morgan fingerprint density at radius 2 is 2.46 bits per heavy atom. The maximum Gasteiger partial charge on any atom is 0.160 e. The average molecular weight is 175 g/mol. The Kier molecular flexibility index (Phi) is 1.81. The summed E-state index contributed by atoms with van der Waals surface area (Å²) >= 11 is 0. The van der Waals surface area contributed by atoms with E-state index in [1.807, 2.05) is 0 Å². The third-order valence-corrected chi connectivity index (χ3v) is 1.92. The van der Waals surface area contributed by atoms with Crippen LogP contribution in [0.15, 0.2) is 33.8 Å². The molecule has 0 unspecified atom stereocenters. The van der Waals surface area contributed by atoms with Gasteiger partial charge in [-0.15, -0.1) is 0 Å². The molecule has 2 rings (SSSR count). The lowest BCUT2D eigenvalue weighted by atomic mass is 10.1. The molecule has 0 bridgehead atoms. The summed E-state index contributed by atoms with van der Waals surface area (Å²) in [6, 6.07) is 0. The molecular weight excluding hydrogens is 166 g/mol. The zero-order valence-corrected chi connectivity index (χ0v) is 7.27. The summed E-state index contributed by atoms with van der Waals surface area (Å²) in [6.45, 7) is 1.55. The second-order valence-electron chi connectivity index (χ2n) is 2.82. The van der Waals surface area contributed by atoms with E-state index in [2.05, 4.69) is 10.1 Å². The number of nitrogens with zero attached hydrogens (tertiary/aromatic N) is 3. The highest BCUT2D eigenvalue weighted by Crippen LogP contribution is 2.21. The van der Waals surface area contributed by atoms with Gasteiger partial charge >= 0.3 is 0 Å². The van der Waals surface area contributed by atoms with Gasteiger partial charge < -0.3 is 0 Å². The molecule has 13 heavy (non-hydrogen) atoms. The van der Waals surface area contributed by atoms with Gasteiger partial charge in [0.1, 0.15) is 0 Å². The highest BCUT2D eigenvalue weighted by molar-refractivity contribution is 5.97. The van der Waals surface area contributed by atoms with E-state index in [4.69, 9.17) is 0 Å². The van der Waals surface area contributed by atoms with E-state index in [1.165, 1.54) is 0 Å². The third kappa shape index (κ3) is 1.30. The van der Waals surface area contributed by atoms with Gasteiger partial charge in [0.15, 0.2) is 11.6 Å². The van der Waals surface area contributed by atoms with Crippen molar-refractivity contribution in [3.05, 3.63) is 23.7 Å². The van der Waals surface area contributed by atoms with E-state index < -0.39 is 0 Å². The van der Waals surface area contributed by atoms with E-state index in [0.29, 0.717) is 12.2 Å². The Morgan fingerprint density at radius 3 is 3.23 bits per heavy atom. The molecule has 0 radical (unpaired) electrons. The standard InChI is InChI=1S/C9H9N3O/c1-7(13)8-3-5-11-12-6-2-4-10-9(8)12/h2,4-6H,3H2,1H3. The topological polar surface area (TPSA) is 45.0 Å². The Hall–Kier alpha value is -1.71. The zero-order chi connectivity index (χ0) is 9.26. The largest absolute Gasteiger partial charge is 0.295 e. The van der Waals surface area contributed by atoms with Crippen molar-refractivity contribution in [2.75, 3.05) is 0 Å². The number of carbonyl (C=O) groups excluding carboxylic acids is 1. The smallest absolute Gasteiger partial charge is 0.160 e. The normalized spacial score (nSPS) is 19.3. The molecule has 4 nitrogen and oxygen atoms in total. The van der Waals surface area contributed by atoms with Gasteiger partial charge in [0.2, 0.25) is 0 Å². The summed E-state index contributed by atoms with van der Waals surface area (Å²) in [5.74, 6) is 0.705. The molecule has 0 aromatic carbocycles. The SMILES string of the molecule is CC(=O)C1=C2N=CC=CN2N=CC1. The summed E-state index contributed by atoms with van der Waals surface area (Å²) in [7, 11) is 0. The molecule has 2 aliphatic rings. The molecule has 0 saturated carbocycles. The van der Waals surface area contributed by atoms with E-state index in [9.17, 15) is 4.79 Å².